The number of nitrogens with two attached hydrogens (primary N) is 1. The lowest BCUT2D eigenvalue weighted by atomic mass is 9.55. The minimum Gasteiger partial charge on any atom is -0.508 e. The van der Waals surface area contributed by atoms with E-state index < -0.39 is 27.9 Å². The molecule has 3 aliphatic rings. The number of rotatable bonds is 5. The maximum absolute atomic E-state index is 13.2. The van der Waals surface area contributed by atoms with Crippen LogP contribution in [0.1, 0.15) is 73.4 Å². The predicted molar refractivity (Wildman–Crippen MR) is 142 cm³/mol. The molecular formula is C29H36N2O6S. The molecule has 6 atom stereocenters. The second kappa shape index (κ2) is 9.68. The summed E-state index contributed by atoms with van der Waals surface area (Å²) in [6.45, 7) is 3.91. The number of hydrogen-bond acceptors (Lipinski definition) is 6. The van der Waals surface area contributed by atoms with Crippen molar-refractivity contribution in [2.75, 3.05) is 7.05 Å². The van der Waals surface area contributed by atoms with Crippen LogP contribution in [0, 0.1) is 17.3 Å². The maximum Gasteiger partial charge on any atom is 0.328 e. The number of phenols is 1. The third kappa shape index (κ3) is 4.60. The Morgan fingerprint density at radius 3 is 2.50 bits per heavy atom. The Kier molecular flexibility index (Phi) is 6.80. The second-order valence-corrected chi connectivity index (χ2v) is 13.1. The van der Waals surface area contributed by atoms with E-state index in [2.05, 4.69) is 13.0 Å². The van der Waals surface area contributed by atoms with Crippen LogP contribution >= 0.6 is 0 Å². The number of aromatic hydroxyl groups is 1. The van der Waals surface area contributed by atoms with Gasteiger partial charge in [-0.25, -0.2) is 18.4 Å². The molecule has 204 valence electrons. The topological polar surface area (TPSA) is 127 Å². The van der Waals surface area contributed by atoms with E-state index in [1.165, 1.54) is 40.3 Å². The molecule has 2 aromatic carbocycles. The first-order valence-corrected chi connectivity index (χ1v) is 14.9. The molecule has 0 aromatic heterocycles. The zero-order valence-corrected chi connectivity index (χ0v) is 22.9. The van der Waals surface area contributed by atoms with E-state index in [9.17, 15) is 23.1 Å². The van der Waals surface area contributed by atoms with Crippen molar-refractivity contribution in [3.63, 3.8) is 0 Å². The van der Waals surface area contributed by atoms with Gasteiger partial charge in [0.05, 0.1) is 4.90 Å². The summed E-state index contributed by atoms with van der Waals surface area (Å²) in [5.41, 5.74) is 2.79. The van der Waals surface area contributed by atoms with Crippen molar-refractivity contribution >= 4 is 21.9 Å². The van der Waals surface area contributed by atoms with E-state index in [1.807, 2.05) is 6.07 Å². The number of likely N-dealkylation sites (N-methyl/N-ethyl adjacent to an activating group) is 1. The van der Waals surface area contributed by atoms with E-state index in [4.69, 9.17) is 9.88 Å². The molecule has 2 aromatic rings. The number of sulfonamides is 1. The maximum atomic E-state index is 13.2. The number of phenolic OH excluding ortho intramolecular Hbond substituents is 1. The summed E-state index contributed by atoms with van der Waals surface area (Å²) >= 11 is 0. The van der Waals surface area contributed by atoms with Gasteiger partial charge in [0, 0.05) is 18.0 Å². The van der Waals surface area contributed by atoms with Crippen molar-refractivity contribution in [1.29, 1.82) is 0 Å². The summed E-state index contributed by atoms with van der Waals surface area (Å²) in [4.78, 5) is 27.4. The van der Waals surface area contributed by atoms with Crippen LogP contribution in [0.25, 0.3) is 0 Å². The van der Waals surface area contributed by atoms with Crippen LogP contribution in [0.2, 0.25) is 0 Å². The molecule has 0 saturated heterocycles. The van der Waals surface area contributed by atoms with Crippen LogP contribution in [0.3, 0.4) is 0 Å². The van der Waals surface area contributed by atoms with Crippen molar-refractivity contribution in [2.24, 2.45) is 22.4 Å². The van der Waals surface area contributed by atoms with E-state index >= 15 is 0 Å². The third-order valence-electron chi connectivity index (χ3n) is 9.55. The highest BCUT2D eigenvalue weighted by Gasteiger charge is 2.56. The molecule has 0 heterocycles. The average molecular weight is 541 g/mol. The first kappa shape index (κ1) is 26.7. The van der Waals surface area contributed by atoms with E-state index in [0.717, 1.165) is 38.5 Å². The largest absolute Gasteiger partial charge is 0.508 e. The lowest BCUT2D eigenvalue weighted by molar-refractivity contribution is -0.162. The fourth-order valence-corrected chi connectivity index (χ4v) is 7.79. The molecule has 5 rings (SSSR count). The summed E-state index contributed by atoms with van der Waals surface area (Å²) in [7, 11) is -2.31. The Labute approximate surface area is 224 Å². The number of primary sulfonamides is 1. The van der Waals surface area contributed by atoms with Crippen LogP contribution in [0.5, 0.6) is 5.75 Å². The van der Waals surface area contributed by atoms with Gasteiger partial charge in [-0.05, 0) is 111 Å². The fraction of sp³-hybridized carbons (Fsp3) is 0.517. The van der Waals surface area contributed by atoms with Crippen molar-refractivity contribution in [1.82, 2.24) is 4.90 Å². The minimum absolute atomic E-state index is 0.0810. The number of ether oxygens (including phenoxy) is 1. The van der Waals surface area contributed by atoms with Crippen LogP contribution in [-0.2, 0) is 26.0 Å². The number of carbonyl (C=O) groups is 2. The highest BCUT2D eigenvalue weighted by atomic mass is 32.2. The Balaban J connectivity index is 1.25. The molecule has 1 amide bonds. The van der Waals surface area contributed by atoms with Gasteiger partial charge in [-0.3, -0.25) is 4.79 Å². The quantitative estimate of drug-likeness (QED) is 0.553. The lowest BCUT2D eigenvalue weighted by Crippen LogP contribution is -2.47. The zero-order chi connectivity index (χ0) is 27.4. The summed E-state index contributed by atoms with van der Waals surface area (Å²) in [6, 6.07) is 10.3. The van der Waals surface area contributed by atoms with Crippen molar-refractivity contribution in [3.05, 3.63) is 59.2 Å². The molecule has 0 bridgehead atoms. The summed E-state index contributed by atoms with van der Waals surface area (Å²) in [5, 5.41) is 15.1. The van der Waals surface area contributed by atoms with Gasteiger partial charge < -0.3 is 14.7 Å². The number of hydrogen-bond donors (Lipinski definition) is 2. The highest BCUT2D eigenvalue weighted by Crippen LogP contribution is 2.61. The van der Waals surface area contributed by atoms with Gasteiger partial charge in [0.1, 0.15) is 17.9 Å². The molecule has 3 N–H and O–H groups in total. The standard InChI is InChI=1S/C29H36N2O6S/c1-17(31(3)27(33)18-4-8-21(9-5-18)38(30,35)36)28(34)37-26-13-12-25-24-10-6-19-16-20(32)7-11-22(19)23(24)14-15-29(25,26)2/h4-5,7-9,11,16-17,23-26,32H,6,10,12-15H2,1-3H3,(H2,30,35,36)/t17-,23?,24?,25?,26-,29-/m0/s1. The SMILES string of the molecule is C[C@@H](C(=O)O[C@H]1CCC2C3CCc4cc(O)ccc4C3CC[C@@]21C)N(C)C(=O)c1ccc(S(N)(=O)=O)cc1. The Morgan fingerprint density at radius 1 is 1.11 bits per heavy atom. The van der Waals surface area contributed by atoms with Gasteiger partial charge in [-0.2, -0.15) is 0 Å². The summed E-state index contributed by atoms with van der Waals surface area (Å²) < 4.78 is 29.1. The number of benzene rings is 2. The Morgan fingerprint density at radius 2 is 1.82 bits per heavy atom. The predicted octanol–water partition coefficient (Wildman–Crippen LogP) is 3.97. The molecule has 3 aliphatic carbocycles. The number of amides is 1. The van der Waals surface area contributed by atoms with E-state index in [0.29, 0.717) is 23.5 Å². The van der Waals surface area contributed by atoms with Crippen LogP contribution in [0.4, 0.5) is 0 Å². The molecule has 0 radical (unpaired) electrons. The monoisotopic (exact) mass is 540 g/mol. The molecule has 2 fully saturated rings. The minimum atomic E-state index is -3.86. The molecular weight excluding hydrogens is 504 g/mol. The Bertz CT molecular complexity index is 1360. The fourth-order valence-electron chi connectivity index (χ4n) is 7.28. The Hall–Kier alpha value is -2.91. The van der Waals surface area contributed by atoms with Crippen molar-refractivity contribution in [2.45, 2.75) is 75.3 Å². The number of esters is 1. The first-order valence-electron chi connectivity index (χ1n) is 13.3. The number of fused-ring (bicyclic) bond motifs is 5. The highest BCUT2D eigenvalue weighted by molar-refractivity contribution is 7.89. The summed E-state index contributed by atoms with van der Waals surface area (Å²) in [5.74, 6) is 0.979. The van der Waals surface area contributed by atoms with Gasteiger partial charge in [0.15, 0.2) is 0 Å². The van der Waals surface area contributed by atoms with Crippen LogP contribution in [0.15, 0.2) is 47.4 Å². The van der Waals surface area contributed by atoms with Gasteiger partial charge >= 0.3 is 5.97 Å². The number of carbonyl (C=O) groups excluding carboxylic acids is 2. The average Bonchev–Trinajstić information content (AvgIpc) is 3.22. The molecule has 0 spiro atoms. The van der Waals surface area contributed by atoms with Gasteiger partial charge in [0.2, 0.25) is 10.0 Å². The van der Waals surface area contributed by atoms with Gasteiger partial charge in [-0.1, -0.05) is 13.0 Å². The second-order valence-electron chi connectivity index (χ2n) is 11.5. The molecule has 2 saturated carbocycles. The summed E-state index contributed by atoms with van der Waals surface area (Å²) in [6.07, 6.45) is 5.69. The number of nitrogens with zero attached hydrogens (tertiary/aromatic N) is 1. The van der Waals surface area contributed by atoms with Crippen LogP contribution in [-0.4, -0.2) is 49.5 Å². The number of aryl methyl sites for hydroxylation is 1. The third-order valence-corrected chi connectivity index (χ3v) is 10.5. The van der Waals surface area contributed by atoms with E-state index in [-0.39, 0.29) is 22.0 Å². The molecule has 3 unspecified atom stereocenters. The van der Waals surface area contributed by atoms with Crippen molar-refractivity contribution in [3.8, 4) is 5.75 Å². The lowest BCUT2D eigenvalue weighted by Gasteiger charge is -2.50. The van der Waals surface area contributed by atoms with Crippen molar-refractivity contribution < 1.29 is 27.9 Å². The molecule has 38 heavy (non-hydrogen) atoms. The van der Waals surface area contributed by atoms with Gasteiger partial charge in [0.25, 0.3) is 5.91 Å². The van der Waals surface area contributed by atoms with Gasteiger partial charge in [-0.15, -0.1) is 0 Å². The molecule has 8 nitrogen and oxygen atoms in total. The molecule has 0 aliphatic heterocycles. The normalized spacial score (nSPS) is 28.9. The van der Waals surface area contributed by atoms with E-state index in [1.54, 1.807) is 20.0 Å². The smallest absolute Gasteiger partial charge is 0.328 e. The zero-order valence-electron chi connectivity index (χ0n) is 22.1. The molecule has 9 heteroatoms. The first-order chi connectivity index (χ1) is 17.9. The van der Waals surface area contributed by atoms with Crippen LogP contribution < -0.4 is 5.14 Å².